The summed E-state index contributed by atoms with van der Waals surface area (Å²) in [7, 11) is 0. The summed E-state index contributed by atoms with van der Waals surface area (Å²) in [6, 6.07) is 5.88. The lowest BCUT2D eigenvalue weighted by molar-refractivity contribution is -0.391. The lowest BCUT2D eigenvalue weighted by Crippen LogP contribution is -2.47. The average molecular weight is 266 g/mol. The van der Waals surface area contributed by atoms with Gasteiger partial charge in [-0.2, -0.15) is 0 Å². The lowest BCUT2D eigenvalue weighted by atomic mass is 10.2. The number of hydrogen-bond donors (Lipinski definition) is 1. The van der Waals surface area contributed by atoms with Crippen LogP contribution in [0.2, 0.25) is 0 Å². The Morgan fingerprint density at radius 1 is 1.22 bits per heavy atom. The number of nitrogens with zero attached hydrogens (tertiary/aromatic N) is 2. The fourth-order valence-electron chi connectivity index (χ4n) is 1.57. The Labute approximate surface area is 107 Å². The van der Waals surface area contributed by atoms with Crippen molar-refractivity contribution < 1.29 is 19.6 Å². The van der Waals surface area contributed by atoms with Gasteiger partial charge in [-0.25, -0.2) is 0 Å². The molecule has 0 unspecified atom stereocenters. The molecule has 0 aliphatic carbocycles. The highest BCUT2D eigenvalue weighted by molar-refractivity contribution is 7.98. The summed E-state index contributed by atoms with van der Waals surface area (Å²) in [6.45, 7) is 0.806. The summed E-state index contributed by atoms with van der Waals surface area (Å²) in [5.74, 6) is 2.89. The van der Waals surface area contributed by atoms with E-state index in [-0.39, 0.29) is 0 Å². The van der Waals surface area contributed by atoms with Crippen LogP contribution >= 0.6 is 11.8 Å². The Kier molecular flexibility index (Phi) is 3.07. The lowest BCUT2D eigenvalue weighted by Gasteiger charge is -2.00. The summed E-state index contributed by atoms with van der Waals surface area (Å²) in [4.78, 5) is 0. The summed E-state index contributed by atoms with van der Waals surface area (Å²) in [5, 5.41) is 8.35. The highest BCUT2D eigenvalue weighted by Gasteiger charge is 2.14. The van der Waals surface area contributed by atoms with E-state index in [0.717, 1.165) is 22.8 Å². The second-order valence-corrected chi connectivity index (χ2v) is 4.61. The maximum Gasteiger partial charge on any atom is 0.277 e. The third-order valence-electron chi connectivity index (χ3n) is 2.46. The first-order valence-electron chi connectivity index (χ1n) is 5.48. The Bertz CT molecular complexity index is 558. The van der Waals surface area contributed by atoms with Crippen LogP contribution < -0.4 is 15.2 Å². The molecule has 0 radical (unpaired) electrons. The van der Waals surface area contributed by atoms with Crippen LogP contribution in [0.5, 0.6) is 11.5 Å². The highest BCUT2D eigenvalue weighted by atomic mass is 32.2. The van der Waals surface area contributed by atoms with Crippen molar-refractivity contribution in [3.8, 4) is 11.5 Å². The van der Waals surface area contributed by atoms with E-state index in [1.807, 2.05) is 18.2 Å². The van der Waals surface area contributed by atoms with Crippen molar-refractivity contribution in [3.05, 3.63) is 29.7 Å². The molecule has 0 saturated carbocycles. The molecule has 0 atom stereocenters. The van der Waals surface area contributed by atoms with E-state index >= 15 is 0 Å². The number of ether oxygens (including phenoxy) is 2. The monoisotopic (exact) mass is 266 g/mol. The van der Waals surface area contributed by atoms with Crippen molar-refractivity contribution in [2.45, 2.75) is 17.5 Å². The van der Waals surface area contributed by atoms with Crippen molar-refractivity contribution >= 4 is 11.8 Å². The van der Waals surface area contributed by atoms with Crippen LogP contribution in [-0.4, -0.2) is 17.0 Å². The van der Waals surface area contributed by atoms with Gasteiger partial charge in [0.15, 0.2) is 18.0 Å². The van der Waals surface area contributed by atoms with Gasteiger partial charge in [0.25, 0.3) is 11.1 Å². The van der Waals surface area contributed by atoms with Crippen LogP contribution in [0.25, 0.3) is 0 Å². The molecule has 94 valence electrons. The number of hydrogen-bond acceptors (Lipinski definition) is 6. The molecule has 0 spiro atoms. The maximum absolute atomic E-state index is 5.37. The fraction of sp³-hybridized carbons (Fsp3) is 0.273. The first kappa shape index (κ1) is 11.4. The molecular formula is C11H12N3O3S+. The van der Waals surface area contributed by atoms with Crippen molar-refractivity contribution in [2.24, 2.45) is 0 Å². The topological polar surface area (TPSA) is 85.0 Å². The van der Waals surface area contributed by atoms with Crippen molar-refractivity contribution in [1.82, 2.24) is 10.2 Å². The van der Waals surface area contributed by atoms with Crippen LogP contribution in [0, 0.1) is 0 Å². The molecule has 1 aliphatic heterocycles. The van der Waals surface area contributed by atoms with Crippen LogP contribution in [0.4, 0.5) is 0 Å². The van der Waals surface area contributed by atoms with Crippen LogP contribution in [0.15, 0.2) is 27.8 Å². The smallest absolute Gasteiger partial charge is 0.277 e. The predicted octanol–water partition coefficient (Wildman–Crippen LogP) is 0.832. The van der Waals surface area contributed by atoms with E-state index in [4.69, 9.17) is 13.9 Å². The number of quaternary nitrogens is 1. The first-order chi connectivity index (χ1) is 8.85. The molecule has 2 aromatic rings. The summed E-state index contributed by atoms with van der Waals surface area (Å²) in [6.07, 6.45) is 0. The zero-order valence-electron chi connectivity index (χ0n) is 9.59. The predicted molar refractivity (Wildman–Crippen MR) is 63.0 cm³/mol. The highest BCUT2D eigenvalue weighted by Crippen LogP contribution is 2.34. The minimum atomic E-state index is 0.294. The van der Waals surface area contributed by atoms with Gasteiger partial charge < -0.3 is 19.6 Å². The van der Waals surface area contributed by atoms with Crippen molar-refractivity contribution in [1.29, 1.82) is 0 Å². The molecule has 1 aromatic carbocycles. The Morgan fingerprint density at radius 3 is 2.94 bits per heavy atom. The molecule has 0 amide bonds. The minimum absolute atomic E-state index is 0.294. The van der Waals surface area contributed by atoms with Crippen LogP contribution in [0.3, 0.4) is 0 Å². The Hall–Kier alpha value is -1.73. The molecule has 1 aromatic heterocycles. The summed E-state index contributed by atoms with van der Waals surface area (Å²) in [5.41, 5.74) is 4.81. The second-order valence-electron chi connectivity index (χ2n) is 3.69. The van der Waals surface area contributed by atoms with E-state index in [9.17, 15) is 0 Å². The molecule has 2 heterocycles. The van der Waals surface area contributed by atoms with E-state index in [1.54, 1.807) is 0 Å². The van der Waals surface area contributed by atoms with Gasteiger partial charge in [-0.05, 0) is 17.7 Å². The molecule has 0 saturated heterocycles. The van der Waals surface area contributed by atoms with Crippen LogP contribution in [0.1, 0.15) is 11.5 Å². The van der Waals surface area contributed by atoms with Gasteiger partial charge in [0.2, 0.25) is 6.79 Å². The molecular weight excluding hydrogens is 254 g/mol. The van der Waals surface area contributed by atoms with Crippen LogP contribution in [-0.2, 0) is 12.3 Å². The number of fused-ring (bicyclic) bond motifs is 1. The molecule has 3 rings (SSSR count). The van der Waals surface area contributed by atoms with Crippen molar-refractivity contribution in [2.75, 3.05) is 6.79 Å². The van der Waals surface area contributed by atoms with Gasteiger partial charge in [0.05, 0.1) is 0 Å². The molecule has 0 bridgehead atoms. The zero-order chi connectivity index (χ0) is 12.4. The van der Waals surface area contributed by atoms with Crippen molar-refractivity contribution in [3.63, 3.8) is 0 Å². The second kappa shape index (κ2) is 4.87. The minimum Gasteiger partial charge on any atom is -0.454 e. The maximum atomic E-state index is 5.37. The van der Waals surface area contributed by atoms with E-state index < -0.39 is 0 Å². The van der Waals surface area contributed by atoms with Gasteiger partial charge in [-0.15, -0.1) is 10.2 Å². The molecule has 7 heteroatoms. The van der Waals surface area contributed by atoms with E-state index in [2.05, 4.69) is 15.9 Å². The number of benzene rings is 1. The summed E-state index contributed by atoms with van der Waals surface area (Å²) < 4.78 is 15.9. The normalized spacial score (nSPS) is 12.9. The third kappa shape index (κ3) is 2.27. The third-order valence-corrected chi connectivity index (χ3v) is 3.35. The van der Waals surface area contributed by atoms with Gasteiger partial charge in [0, 0.05) is 5.75 Å². The number of rotatable bonds is 4. The SMILES string of the molecule is [NH3+]Cc1nnc(SCc2ccc3c(c2)OCO3)o1. The molecule has 6 nitrogen and oxygen atoms in total. The fourth-order valence-corrected chi connectivity index (χ4v) is 2.30. The average Bonchev–Trinajstić information content (AvgIpc) is 3.04. The number of aromatic nitrogens is 2. The molecule has 0 fully saturated rings. The molecule has 1 aliphatic rings. The first-order valence-corrected chi connectivity index (χ1v) is 6.46. The summed E-state index contributed by atoms with van der Waals surface area (Å²) >= 11 is 1.49. The van der Waals surface area contributed by atoms with Gasteiger partial charge in [-0.1, -0.05) is 17.8 Å². The quantitative estimate of drug-likeness (QED) is 0.825. The van der Waals surface area contributed by atoms with Gasteiger partial charge in [0.1, 0.15) is 0 Å². The van der Waals surface area contributed by atoms with Gasteiger partial charge >= 0.3 is 0 Å². The standard InChI is InChI=1S/C11H11N3O3S/c12-4-10-13-14-11(17-10)18-5-7-1-2-8-9(3-7)16-6-15-8/h1-3H,4-6,12H2/p+1. The van der Waals surface area contributed by atoms with E-state index in [0.29, 0.717) is 24.5 Å². The Balaban J connectivity index is 1.66. The number of thioether (sulfide) groups is 1. The Morgan fingerprint density at radius 2 is 2.11 bits per heavy atom. The van der Waals surface area contributed by atoms with E-state index in [1.165, 1.54) is 11.8 Å². The molecule has 3 N–H and O–H groups in total. The largest absolute Gasteiger partial charge is 0.454 e. The van der Waals surface area contributed by atoms with Gasteiger partial charge in [-0.3, -0.25) is 0 Å². The zero-order valence-corrected chi connectivity index (χ0v) is 10.4. The molecule has 18 heavy (non-hydrogen) atoms.